The van der Waals surface area contributed by atoms with E-state index in [-0.39, 0.29) is 30.5 Å². The zero-order valence-electron chi connectivity index (χ0n) is 9.66. The summed E-state index contributed by atoms with van der Waals surface area (Å²) in [6, 6.07) is 4.60. The van der Waals surface area contributed by atoms with Gasteiger partial charge in [0, 0.05) is 18.6 Å². The van der Waals surface area contributed by atoms with E-state index < -0.39 is 0 Å². The van der Waals surface area contributed by atoms with Crippen molar-refractivity contribution >= 4 is 5.78 Å². The molecule has 0 radical (unpaired) electrons. The molecular weight excluding hydrogens is 207 g/mol. The van der Waals surface area contributed by atoms with Crippen molar-refractivity contribution in [2.45, 2.75) is 32.6 Å². The van der Waals surface area contributed by atoms with E-state index in [1.807, 2.05) is 13.8 Å². The van der Waals surface area contributed by atoms with Crippen molar-refractivity contribution in [3.63, 3.8) is 0 Å². The molecule has 0 unspecified atom stereocenters. The van der Waals surface area contributed by atoms with Crippen molar-refractivity contribution in [2.24, 2.45) is 0 Å². The predicted molar refractivity (Wildman–Crippen MR) is 61.1 cm³/mol. The van der Waals surface area contributed by atoms with Crippen LogP contribution in [0.5, 0.6) is 0 Å². The molecule has 0 saturated carbocycles. The van der Waals surface area contributed by atoms with Gasteiger partial charge in [-0.05, 0) is 24.0 Å². The first-order valence-electron chi connectivity index (χ1n) is 5.49. The van der Waals surface area contributed by atoms with Gasteiger partial charge in [0.25, 0.3) is 0 Å². The average molecular weight is 224 g/mol. The third-order valence-electron chi connectivity index (χ3n) is 2.51. The molecule has 0 bridgehead atoms. The second-order valence-electron chi connectivity index (χ2n) is 4.14. The minimum absolute atomic E-state index is 0.0156. The summed E-state index contributed by atoms with van der Waals surface area (Å²) in [5, 5.41) is 8.61. The van der Waals surface area contributed by atoms with Crippen LogP contribution in [0.4, 0.5) is 4.39 Å². The zero-order chi connectivity index (χ0) is 12.1. The minimum atomic E-state index is -0.329. The Bertz CT molecular complexity index is 372. The van der Waals surface area contributed by atoms with Crippen LogP contribution in [-0.2, 0) is 0 Å². The summed E-state index contributed by atoms with van der Waals surface area (Å²) in [5.74, 6) is -0.338. The highest BCUT2D eigenvalue weighted by molar-refractivity contribution is 5.96. The Kier molecular flexibility index (Phi) is 4.62. The van der Waals surface area contributed by atoms with Gasteiger partial charge in [-0.15, -0.1) is 0 Å². The van der Waals surface area contributed by atoms with Crippen molar-refractivity contribution in [3.05, 3.63) is 35.1 Å². The summed E-state index contributed by atoms with van der Waals surface area (Å²) in [6.45, 7) is 3.80. The van der Waals surface area contributed by atoms with Gasteiger partial charge < -0.3 is 5.11 Å². The van der Waals surface area contributed by atoms with E-state index in [1.165, 1.54) is 6.07 Å². The van der Waals surface area contributed by atoms with E-state index in [4.69, 9.17) is 5.11 Å². The molecule has 0 heterocycles. The van der Waals surface area contributed by atoms with Crippen molar-refractivity contribution in [2.75, 3.05) is 6.61 Å². The first kappa shape index (κ1) is 12.8. The average Bonchev–Trinajstić information content (AvgIpc) is 2.25. The summed E-state index contributed by atoms with van der Waals surface area (Å²) in [4.78, 5) is 11.6. The largest absolute Gasteiger partial charge is 0.396 e. The van der Waals surface area contributed by atoms with Gasteiger partial charge in [0.1, 0.15) is 5.82 Å². The van der Waals surface area contributed by atoms with Gasteiger partial charge in [0.2, 0.25) is 0 Å². The third-order valence-corrected chi connectivity index (χ3v) is 2.51. The predicted octanol–water partition coefficient (Wildman–Crippen LogP) is 2.90. The molecule has 0 fully saturated rings. The van der Waals surface area contributed by atoms with Crippen LogP contribution >= 0.6 is 0 Å². The molecule has 16 heavy (non-hydrogen) atoms. The third kappa shape index (κ3) is 3.14. The first-order valence-corrected chi connectivity index (χ1v) is 5.49. The maximum absolute atomic E-state index is 13.6. The summed E-state index contributed by atoms with van der Waals surface area (Å²) >= 11 is 0. The van der Waals surface area contributed by atoms with Crippen LogP contribution in [-0.4, -0.2) is 17.5 Å². The van der Waals surface area contributed by atoms with Crippen LogP contribution in [0.1, 0.15) is 48.5 Å². The van der Waals surface area contributed by atoms with E-state index in [9.17, 15) is 9.18 Å². The van der Waals surface area contributed by atoms with Gasteiger partial charge in [-0.1, -0.05) is 26.0 Å². The summed E-state index contributed by atoms with van der Waals surface area (Å²) < 4.78 is 13.6. The van der Waals surface area contributed by atoms with Crippen LogP contribution in [0.2, 0.25) is 0 Å². The molecule has 1 aromatic rings. The van der Waals surface area contributed by atoms with E-state index in [2.05, 4.69) is 0 Å². The van der Waals surface area contributed by atoms with E-state index in [0.29, 0.717) is 17.5 Å². The van der Waals surface area contributed by atoms with Crippen LogP contribution in [0.25, 0.3) is 0 Å². The number of Topliss-reactive ketones (excluding diaryl/α,β-unsaturated/α-hetero) is 1. The monoisotopic (exact) mass is 224 g/mol. The van der Waals surface area contributed by atoms with Crippen molar-refractivity contribution in [1.29, 1.82) is 0 Å². The quantitative estimate of drug-likeness (QED) is 0.781. The Morgan fingerprint density at radius 1 is 1.44 bits per heavy atom. The molecule has 0 atom stereocenters. The molecule has 0 aliphatic rings. The summed E-state index contributed by atoms with van der Waals surface area (Å²) in [5.41, 5.74) is 1.01. The molecule has 0 aliphatic heterocycles. The van der Waals surface area contributed by atoms with Gasteiger partial charge >= 0.3 is 0 Å². The molecule has 2 nitrogen and oxygen atoms in total. The highest BCUT2D eigenvalue weighted by Gasteiger charge is 2.11. The van der Waals surface area contributed by atoms with Crippen molar-refractivity contribution < 1.29 is 14.3 Å². The van der Waals surface area contributed by atoms with E-state index in [1.54, 1.807) is 12.1 Å². The molecule has 1 aromatic carbocycles. The van der Waals surface area contributed by atoms with Gasteiger partial charge in [0.05, 0.1) is 0 Å². The molecule has 0 aliphatic carbocycles. The number of ketones is 1. The number of carbonyl (C=O) groups excluding carboxylic acids is 1. The maximum atomic E-state index is 13.6. The molecule has 0 spiro atoms. The minimum Gasteiger partial charge on any atom is -0.396 e. The Hall–Kier alpha value is -1.22. The Balaban J connectivity index is 2.84. The van der Waals surface area contributed by atoms with Crippen LogP contribution in [0.15, 0.2) is 18.2 Å². The fourth-order valence-corrected chi connectivity index (χ4v) is 1.55. The SMILES string of the molecule is CC(C)c1ccc(C(=O)CCCO)cc1F. The van der Waals surface area contributed by atoms with Crippen molar-refractivity contribution in [3.8, 4) is 0 Å². The molecule has 1 rings (SSSR count). The maximum Gasteiger partial charge on any atom is 0.163 e. The second-order valence-corrected chi connectivity index (χ2v) is 4.14. The highest BCUT2D eigenvalue weighted by Crippen LogP contribution is 2.20. The number of hydrogen-bond acceptors (Lipinski definition) is 2. The number of benzene rings is 1. The van der Waals surface area contributed by atoms with Crippen LogP contribution in [0, 0.1) is 5.82 Å². The zero-order valence-corrected chi connectivity index (χ0v) is 9.66. The van der Waals surface area contributed by atoms with Gasteiger partial charge in [-0.2, -0.15) is 0 Å². The fourth-order valence-electron chi connectivity index (χ4n) is 1.55. The molecular formula is C13H17FO2. The molecule has 0 aromatic heterocycles. The van der Waals surface area contributed by atoms with Gasteiger partial charge in [-0.25, -0.2) is 4.39 Å². The smallest absolute Gasteiger partial charge is 0.163 e. The lowest BCUT2D eigenvalue weighted by atomic mass is 9.98. The fraction of sp³-hybridized carbons (Fsp3) is 0.462. The summed E-state index contributed by atoms with van der Waals surface area (Å²) in [6.07, 6.45) is 0.684. The lowest BCUT2D eigenvalue weighted by molar-refractivity contribution is 0.0971. The van der Waals surface area contributed by atoms with Gasteiger partial charge in [0.15, 0.2) is 5.78 Å². The van der Waals surface area contributed by atoms with Gasteiger partial charge in [-0.3, -0.25) is 4.79 Å². The molecule has 0 amide bonds. The highest BCUT2D eigenvalue weighted by atomic mass is 19.1. The topological polar surface area (TPSA) is 37.3 Å². The lowest BCUT2D eigenvalue weighted by Crippen LogP contribution is -2.03. The normalized spacial score (nSPS) is 10.8. The van der Waals surface area contributed by atoms with Crippen LogP contribution in [0.3, 0.4) is 0 Å². The Morgan fingerprint density at radius 3 is 2.62 bits per heavy atom. The molecule has 1 N–H and O–H groups in total. The van der Waals surface area contributed by atoms with E-state index >= 15 is 0 Å². The number of halogens is 1. The standard InChI is InChI=1S/C13H17FO2/c1-9(2)11-6-5-10(8-12(11)14)13(16)4-3-7-15/h5-6,8-9,15H,3-4,7H2,1-2H3. The number of hydrogen-bond donors (Lipinski definition) is 1. The molecule has 88 valence electrons. The summed E-state index contributed by atoms with van der Waals surface area (Å²) in [7, 11) is 0. The second kappa shape index (κ2) is 5.75. The Labute approximate surface area is 95.1 Å². The number of rotatable bonds is 5. The number of aliphatic hydroxyl groups excluding tert-OH is 1. The molecule has 3 heteroatoms. The first-order chi connectivity index (χ1) is 7.56. The lowest BCUT2D eigenvalue weighted by Gasteiger charge is -2.08. The Morgan fingerprint density at radius 2 is 2.12 bits per heavy atom. The van der Waals surface area contributed by atoms with Crippen molar-refractivity contribution in [1.82, 2.24) is 0 Å². The number of carbonyl (C=O) groups is 1. The van der Waals surface area contributed by atoms with E-state index in [0.717, 1.165) is 0 Å². The molecule has 0 saturated heterocycles. The van der Waals surface area contributed by atoms with Crippen LogP contribution < -0.4 is 0 Å². The number of aliphatic hydroxyl groups is 1.